The highest BCUT2D eigenvalue weighted by Gasteiger charge is 2.20. The van der Waals surface area contributed by atoms with Gasteiger partial charge in [0.15, 0.2) is 5.82 Å². The van der Waals surface area contributed by atoms with E-state index in [-0.39, 0.29) is 4.90 Å². The zero-order valence-corrected chi connectivity index (χ0v) is 18.0. The molecule has 1 N–H and O–H groups in total. The molecule has 1 saturated heterocycles. The average molecular weight is 438 g/mol. The molecule has 4 aromatic rings. The van der Waals surface area contributed by atoms with E-state index in [1.807, 2.05) is 18.2 Å². The highest BCUT2D eigenvalue weighted by Crippen LogP contribution is 2.26. The van der Waals surface area contributed by atoms with Crippen molar-refractivity contribution in [1.29, 1.82) is 0 Å². The normalized spacial score (nSPS) is 14.8. The quantitative estimate of drug-likeness (QED) is 0.516. The molecule has 0 amide bonds. The number of hydrogen-bond acceptors (Lipinski definition) is 6. The largest absolute Gasteiger partial charge is 0.371 e. The van der Waals surface area contributed by atoms with E-state index in [1.165, 1.54) is 36.3 Å². The predicted molar refractivity (Wildman–Crippen MR) is 119 cm³/mol. The number of rotatable bonds is 5. The lowest BCUT2D eigenvalue weighted by molar-refractivity contribution is 0.577. The Morgan fingerprint density at radius 1 is 1.03 bits per heavy atom. The van der Waals surface area contributed by atoms with Crippen LogP contribution in [0.15, 0.2) is 60.0 Å². The van der Waals surface area contributed by atoms with E-state index in [1.54, 1.807) is 36.3 Å². The first-order valence-electron chi connectivity index (χ1n) is 10.2. The molecule has 0 radical (unpaired) electrons. The summed E-state index contributed by atoms with van der Waals surface area (Å²) in [5, 5.41) is 9.31. The van der Waals surface area contributed by atoms with Crippen molar-refractivity contribution in [2.75, 3.05) is 22.7 Å². The summed E-state index contributed by atoms with van der Waals surface area (Å²) in [5.74, 6) is 0.582. The Labute approximate surface area is 180 Å². The number of nitrogens with zero attached hydrogens (tertiary/aromatic N) is 6. The van der Waals surface area contributed by atoms with Crippen LogP contribution in [0.25, 0.3) is 16.7 Å². The smallest absolute Gasteiger partial charge is 0.265 e. The number of para-hydroxylation sites is 1. The van der Waals surface area contributed by atoms with Crippen LogP contribution in [0, 0.1) is 0 Å². The van der Waals surface area contributed by atoms with Gasteiger partial charge in [-0.1, -0.05) is 12.1 Å². The maximum Gasteiger partial charge on any atom is 0.265 e. The van der Waals surface area contributed by atoms with Crippen molar-refractivity contribution in [3.8, 4) is 5.82 Å². The maximum atomic E-state index is 13.0. The van der Waals surface area contributed by atoms with Gasteiger partial charge >= 0.3 is 0 Å². The molecule has 10 heteroatoms. The second kappa shape index (κ2) is 7.69. The van der Waals surface area contributed by atoms with Crippen LogP contribution in [0.4, 0.5) is 11.4 Å². The molecule has 0 spiro atoms. The summed E-state index contributed by atoms with van der Waals surface area (Å²) in [7, 11) is -2.05. The molecule has 4 heterocycles. The zero-order valence-electron chi connectivity index (χ0n) is 17.1. The average Bonchev–Trinajstić information content (AvgIpc) is 3.43. The number of aryl methyl sites for hydroxylation is 1. The lowest BCUT2D eigenvalue weighted by Gasteiger charge is -2.28. The first kappa shape index (κ1) is 19.6. The van der Waals surface area contributed by atoms with Crippen molar-refractivity contribution in [1.82, 2.24) is 24.5 Å². The summed E-state index contributed by atoms with van der Waals surface area (Å²) in [4.78, 5) is 6.77. The molecule has 0 saturated carbocycles. The summed E-state index contributed by atoms with van der Waals surface area (Å²) in [6.45, 7) is 2.04. The van der Waals surface area contributed by atoms with Gasteiger partial charge in [-0.25, -0.2) is 18.1 Å². The van der Waals surface area contributed by atoms with Crippen LogP contribution < -0.4 is 9.62 Å². The molecule has 1 aromatic carbocycles. The van der Waals surface area contributed by atoms with Crippen molar-refractivity contribution in [3.05, 3.63) is 55.1 Å². The van der Waals surface area contributed by atoms with E-state index < -0.39 is 10.0 Å². The topological polar surface area (TPSA) is 97.9 Å². The number of benzene rings is 1. The third kappa shape index (κ3) is 3.74. The molecule has 1 aliphatic heterocycles. The molecule has 0 aliphatic carbocycles. The van der Waals surface area contributed by atoms with E-state index >= 15 is 0 Å². The van der Waals surface area contributed by atoms with Crippen molar-refractivity contribution < 1.29 is 8.42 Å². The van der Waals surface area contributed by atoms with Crippen molar-refractivity contribution in [3.63, 3.8) is 0 Å². The van der Waals surface area contributed by atoms with E-state index in [2.05, 4.69) is 24.8 Å². The van der Waals surface area contributed by atoms with Crippen LogP contribution in [0.2, 0.25) is 0 Å². The minimum atomic E-state index is -3.83. The fourth-order valence-corrected chi connectivity index (χ4v) is 4.97. The Kier molecular flexibility index (Phi) is 4.85. The van der Waals surface area contributed by atoms with Crippen LogP contribution in [0.5, 0.6) is 0 Å². The van der Waals surface area contributed by atoms with Gasteiger partial charge in [0.1, 0.15) is 4.90 Å². The van der Waals surface area contributed by atoms with E-state index in [9.17, 15) is 8.42 Å². The Balaban J connectivity index is 1.43. The lowest BCUT2D eigenvalue weighted by Crippen LogP contribution is -2.29. The Bertz CT molecular complexity index is 1340. The highest BCUT2D eigenvalue weighted by atomic mass is 32.2. The van der Waals surface area contributed by atoms with Crippen molar-refractivity contribution in [2.24, 2.45) is 7.05 Å². The summed E-state index contributed by atoms with van der Waals surface area (Å²) in [6.07, 6.45) is 9.86. The monoisotopic (exact) mass is 437 g/mol. The van der Waals surface area contributed by atoms with E-state index in [0.29, 0.717) is 11.5 Å². The Morgan fingerprint density at radius 2 is 1.87 bits per heavy atom. The third-order valence-corrected chi connectivity index (χ3v) is 6.88. The molecule has 3 aromatic heterocycles. The van der Waals surface area contributed by atoms with Crippen LogP contribution in [0.3, 0.4) is 0 Å². The molecule has 0 bridgehead atoms. The highest BCUT2D eigenvalue weighted by molar-refractivity contribution is 7.92. The van der Waals surface area contributed by atoms with Gasteiger partial charge in [-0.2, -0.15) is 10.2 Å². The van der Waals surface area contributed by atoms with Gasteiger partial charge in [-0.15, -0.1) is 0 Å². The molecule has 31 heavy (non-hydrogen) atoms. The summed E-state index contributed by atoms with van der Waals surface area (Å²) < 4.78 is 31.8. The molecular formula is C21H23N7O2S. The minimum absolute atomic E-state index is 0.0665. The van der Waals surface area contributed by atoms with Crippen LogP contribution in [-0.2, 0) is 17.1 Å². The van der Waals surface area contributed by atoms with Crippen LogP contribution in [-0.4, -0.2) is 46.1 Å². The van der Waals surface area contributed by atoms with Crippen molar-refractivity contribution >= 4 is 32.3 Å². The zero-order chi connectivity index (χ0) is 21.4. The summed E-state index contributed by atoms with van der Waals surface area (Å²) in [5.41, 5.74) is 2.26. The van der Waals surface area contributed by atoms with Crippen LogP contribution >= 0.6 is 0 Å². The molecule has 0 atom stereocenters. The summed E-state index contributed by atoms with van der Waals surface area (Å²) in [6, 6.07) is 9.32. The Hall–Kier alpha value is -3.40. The second-order valence-electron chi connectivity index (χ2n) is 7.66. The van der Waals surface area contributed by atoms with Gasteiger partial charge in [0.25, 0.3) is 10.0 Å². The number of fused-ring (bicyclic) bond motifs is 1. The summed E-state index contributed by atoms with van der Waals surface area (Å²) >= 11 is 0. The SMILES string of the molecule is Cn1ncc2cccc(NS(=O)(=O)c3cnn(-c4cc(N5CCCCC5)ccn4)c3)c21. The van der Waals surface area contributed by atoms with Crippen LogP contribution in [0.1, 0.15) is 19.3 Å². The number of pyridine rings is 1. The number of piperidine rings is 1. The number of anilines is 2. The molecular weight excluding hydrogens is 414 g/mol. The first-order valence-corrected chi connectivity index (χ1v) is 11.7. The molecule has 5 rings (SSSR count). The number of hydrogen-bond donors (Lipinski definition) is 1. The number of aromatic nitrogens is 5. The standard InChI is InChI=1S/C21H23N7O2S/c1-26-21-16(13-23-26)6-5-7-19(21)25-31(29,30)18-14-24-28(15-18)20-12-17(8-9-22-20)27-10-3-2-4-11-27/h5-9,12-15,25H,2-4,10-11H2,1H3. The van der Waals surface area contributed by atoms with Gasteiger partial charge in [-0.3, -0.25) is 9.40 Å². The van der Waals surface area contributed by atoms with Gasteiger partial charge in [0.05, 0.1) is 29.8 Å². The third-order valence-electron chi connectivity index (χ3n) is 5.56. The molecule has 1 aliphatic rings. The van der Waals surface area contributed by atoms with Gasteiger partial charge in [-0.05, 0) is 31.4 Å². The van der Waals surface area contributed by atoms with Crippen molar-refractivity contribution in [2.45, 2.75) is 24.2 Å². The van der Waals surface area contributed by atoms with Gasteiger partial charge < -0.3 is 4.90 Å². The fraction of sp³-hybridized carbons (Fsp3) is 0.286. The molecule has 9 nitrogen and oxygen atoms in total. The van der Waals surface area contributed by atoms with E-state index in [4.69, 9.17) is 0 Å². The fourth-order valence-electron chi connectivity index (χ4n) is 3.97. The molecule has 0 unspecified atom stereocenters. The minimum Gasteiger partial charge on any atom is -0.371 e. The van der Waals surface area contributed by atoms with E-state index in [0.717, 1.165) is 29.7 Å². The predicted octanol–water partition coefficient (Wildman–Crippen LogP) is 2.95. The maximum absolute atomic E-state index is 13.0. The first-order chi connectivity index (χ1) is 15.0. The van der Waals surface area contributed by atoms with Gasteiger partial charge in [0, 0.05) is 43.5 Å². The Morgan fingerprint density at radius 3 is 2.71 bits per heavy atom. The number of sulfonamides is 1. The molecule has 1 fully saturated rings. The number of nitrogens with one attached hydrogen (secondary N) is 1. The second-order valence-corrected chi connectivity index (χ2v) is 9.34. The molecule has 160 valence electrons. The lowest BCUT2D eigenvalue weighted by atomic mass is 10.1. The van der Waals surface area contributed by atoms with Gasteiger partial charge in [0.2, 0.25) is 0 Å².